The first-order valence-electron chi connectivity index (χ1n) is 6.02. The van der Waals surface area contributed by atoms with Crippen LogP contribution in [0.5, 0.6) is 0 Å². The Hall–Kier alpha value is -1.71. The second-order valence-electron chi connectivity index (χ2n) is 4.89. The van der Waals surface area contributed by atoms with E-state index >= 15 is 0 Å². The predicted octanol–water partition coefficient (Wildman–Crippen LogP) is 1.97. The summed E-state index contributed by atoms with van der Waals surface area (Å²) in [4.78, 5) is 11.3. The number of rotatable bonds is 5. The minimum absolute atomic E-state index is 0.351. The summed E-state index contributed by atoms with van der Waals surface area (Å²) in [5.74, 6) is 0.404. The van der Waals surface area contributed by atoms with E-state index in [-0.39, 0.29) is 0 Å². The number of amides is 1. The van der Waals surface area contributed by atoms with Crippen molar-refractivity contribution in [1.29, 1.82) is 0 Å². The van der Waals surface area contributed by atoms with Crippen molar-refractivity contribution in [3.8, 4) is 0 Å². The molecule has 0 bridgehead atoms. The number of benzene rings is 1. The van der Waals surface area contributed by atoms with Gasteiger partial charge in [-0.25, -0.2) is 0 Å². The zero-order valence-electron chi connectivity index (χ0n) is 10.1. The SMILES string of the molecule is CC(CC1CC1)Nc1ccc(N)cc1C(N)=O. The summed E-state index contributed by atoms with van der Waals surface area (Å²) in [6, 6.07) is 5.57. The molecule has 1 aromatic rings. The highest BCUT2D eigenvalue weighted by Gasteiger charge is 2.23. The van der Waals surface area contributed by atoms with E-state index in [0.717, 1.165) is 18.0 Å². The van der Waals surface area contributed by atoms with Gasteiger partial charge in [-0.1, -0.05) is 12.8 Å². The summed E-state index contributed by atoms with van der Waals surface area (Å²) in [6.07, 6.45) is 3.80. The molecule has 0 heterocycles. The number of nitrogens with two attached hydrogens (primary N) is 2. The fourth-order valence-corrected chi connectivity index (χ4v) is 2.07. The van der Waals surface area contributed by atoms with Crippen molar-refractivity contribution in [1.82, 2.24) is 0 Å². The average molecular weight is 233 g/mol. The lowest BCUT2D eigenvalue weighted by Crippen LogP contribution is -2.20. The first kappa shape index (κ1) is 11.8. The monoisotopic (exact) mass is 233 g/mol. The molecule has 17 heavy (non-hydrogen) atoms. The maximum absolute atomic E-state index is 11.3. The van der Waals surface area contributed by atoms with E-state index < -0.39 is 5.91 Å². The second kappa shape index (κ2) is 4.65. The minimum atomic E-state index is -0.446. The van der Waals surface area contributed by atoms with Crippen LogP contribution < -0.4 is 16.8 Å². The molecular weight excluding hydrogens is 214 g/mol. The average Bonchev–Trinajstić information content (AvgIpc) is 3.04. The lowest BCUT2D eigenvalue weighted by Gasteiger charge is -2.17. The van der Waals surface area contributed by atoms with Crippen molar-refractivity contribution in [3.05, 3.63) is 23.8 Å². The number of hydrogen-bond donors (Lipinski definition) is 3. The molecule has 4 nitrogen and oxygen atoms in total. The van der Waals surface area contributed by atoms with Gasteiger partial charge in [0, 0.05) is 17.4 Å². The van der Waals surface area contributed by atoms with Crippen molar-refractivity contribution < 1.29 is 4.79 Å². The van der Waals surface area contributed by atoms with Gasteiger partial charge in [0.2, 0.25) is 0 Å². The van der Waals surface area contributed by atoms with Gasteiger partial charge in [-0.15, -0.1) is 0 Å². The van der Waals surface area contributed by atoms with Crippen LogP contribution in [0, 0.1) is 5.92 Å². The smallest absolute Gasteiger partial charge is 0.250 e. The van der Waals surface area contributed by atoms with Crippen LogP contribution in [0.15, 0.2) is 18.2 Å². The molecule has 5 N–H and O–H groups in total. The Morgan fingerprint density at radius 1 is 1.53 bits per heavy atom. The molecule has 92 valence electrons. The van der Waals surface area contributed by atoms with Gasteiger partial charge in [-0.05, 0) is 37.5 Å². The van der Waals surface area contributed by atoms with E-state index in [0.29, 0.717) is 17.3 Å². The largest absolute Gasteiger partial charge is 0.399 e. The molecule has 1 amide bonds. The summed E-state index contributed by atoms with van der Waals surface area (Å²) >= 11 is 0. The van der Waals surface area contributed by atoms with Crippen molar-refractivity contribution >= 4 is 17.3 Å². The Morgan fingerprint density at radius 2 is 2.24 bits per heavy atom. The first-order valence-corrected chi connectivity index (χ1v) is 6.02. The van der Waals surface area contributed by atoms with Gasteiger partial charge in [0.1, 0.15) is 0 Å². The van der Waals surface area contributed by atoms with E-state index in [1.165, 1.54) is 12.8 Å². The van der Waals surface area contributed by atoms with Gasteiger partial charge in [0.05, 0.1) is 5.56 Å². The van der Waals surface area contributed by atoms with Gasteiger partial charge < -0.3 is 16.8 Å². The van der Waals surface area contributed by atoms with Crippen LogP contribution in [0.3, 0.4) is 0 Å². The van der Waals surface area contributed by atoms with Crippen molar-refractivity contribution in [3.63, 3.8) is 0 Å². The second-order valence-corrected chi connectivity index (χ2v) is 4.89. The molecule has 0 radical (unpaired) electrons. The van der Waals surface area contributed by atoms with E-state index in [9.17, 15) is 4.79 Å². The standard InChI is InChI=1S/C13H19N3O/c1-8(6-9-2-3-9)16-12-5-4-10(14)7-11(12)13(15)17/h4-5,7-9,16H,2-3,6,14H2,1H3,(H2,15,17). The number of nitrogens with one attached hydrogen (secondary N) is 1. The van der Waals surface area contributed by atoms with Gasteiger partial charge in [-0.3, -0.25) is 4.79 Å². The number of carbonyl (C=O) groups is 1. The molecule has 4 heteroatoms. The normalized spacial score (nSPS) is 16.5. The molecule has 1 atom stereocenters. The zero-order chi connectivity index (χ0) is 12.4. The molecule has 0 aliphatic heterocycles. The number of anilines is 2. The third kappa shape index (κ3) is 3.12. The highest BCUT2D eigenvalue weighted by Crippen LogP contribution is 2.34. The molecule has 2 rings (SSSR count). The third-order valence-electron chi connectivity index (χ3n) is 3.09. The number of carbonyl (C=O) groups excluding carboxylic acids is 1. The highest BCUT2D eigenvalue weighted by molar-refractivity contribution is 5.99. The van der Waals surface area contributed by atoms with Gasteiger partial charge in [0.15, 0.2) is 0 Å². The van der Waals surface area contributed by atoms with Gasteiger partial charge in [-0.2, -0.15) is 0 Å². The van der Waals surface area contributed by atoms with Crippen LogP contribution in [0.1, 0.15) is 36.5 Å². The Kier molecular flexibility index (Phi) is 3.22. The first-order chi connectivity index (χ1) is 8.06. The molecule has 1 aliphatic carbocycles. The van der Waals surface area contributed by atoms with E-state index in [1.807, 2.05) is 6.07 Å². The Morgan fingerprint density at radius 3 is 2.82 bits per heavy atom. The topological polar surface area (TPSA) is 81.1 Å². The van der Waals surface area contributed by atoms with Crippen LogP contribution in [-0.2, 0) is 0 Å². The molecule has 1 fully saturated rings. The lowest BCUT2D eigenvalue weighted by atomic mass is 10.1. The lowest BCUT2D eigenvalue weighted by molar-refractivity contribution is 0.100. The van der Waals surface area contributed by atoms with E-state index in [2.05, 4.69) is 12.2 Å². The molecular formula is C13H19N3O. The van der Waals surface area contributed by atoms with Crippen LogP contribution in [0.2, 0.25) is 0 Å². The van der Waals surface area contributed by atoms with Crippen molar-refractivity contribution in [2.45, 2.75) is 32.2 Å². The van der Waals surface area contributed by atoms with Crippen LogP contribution in [0.25, 0.3) is 0 Å². The maximum Gasteiger partial charge on any atom is 0.250 e. The third-order valence-corrected chi connectivity index (χ3v) is 3.09. The predicted molar refractivity (Wildman–Crippen MR) is 69.8 cm³/mol. The summed E-state index contributed by atoms with van der Waals surface area (Å²) < 4.78 is 0. The van der Waals surface area contributed by atoms with Crippen LogP contribution in [-0.4, -0.2) is 11.9 Å². The number of primary amides is 1. The molecule has 0 saturated heterocycles. The zero-order valence-corrected chi connectivity index (χ0v) is 10.1. The number of hydrogen-bond acceptors (Lipinski definition) is 3. The van der Waals surface area contributed by atoms with Gasteiger partial charge >= 0.3 is 0 Å². The fourth-order valence-electron chi connectivity index (χ4n) is 2.07. The minimum Gasteiger partial charge on any atom is -0.399 e. The van der Waals surface area contributed by atoms with Crippen LogP contribution in [0.4, 0.5) is 11.4 Å². The van der Waals surface area contributed by atoms with Crippen LogP contribution >= 0.6 is 0 Å². The number of nitrogen functional groups attached to an aromatic ring is 1. The van der Waals surface area contributed by atoms with E-state index in [4.69, 9.17) is 11.5 Å². The molecule has 1 aromatic carbocycles. The van der Waals surface area contributed by atoms with E-state index in [1.54, 1.807) is 12.1 Å². The molecule has 1 aliphatic rings. The Bertz CT molecular complexity index is 427. The highest BCUT2D eigenvalue weighted by atomic mass is 16.1. The summed E-state index contributed by atoms with van der Waals surface area (Å²) in [6.45, 7) is 2.12. The molecule has 1 unspecified atom stereocenters. The Labute approximate surface area is 101 Å². The summed E-state index contributed by atoms with van der Waals surface area (Å²) in [7, 11) is 0. The maximum atomic E-state index is 11.3. The molecule has 0 aromatic heterocycles. The fraction of sp³-hybridized carbons (Fsp3) is 0.462. The van der Waals surface area contributed by atoms with Crippen molar-refractivity contribution in [2.75, 3.05) is 11.1 Å². The van der Waals surface area contributed by atoms with Gasteiger partial charge in [0.25, 0.3) is 5.91 Å². The van der Waals surface area contributed by atoms with Crippen molar-refractivity contribution in [2.24, 2.45) is 11.7 Å². The quantitative estimate of drug-likeness (QED) is 0.680. The molecule has 1 saturated carbocycles. The molecule has 0 spiro atoms. The summed E-state index contributed by atoms with van der Waals surface area (Å²) in [5.41, 5.74) is 12.8. The summed E-state index contributed by atoms with van der Waals surface area (Å²) in [5, 5.41) is 3.33. The Balaban J connectivity index is 2.10.